The molecule has 0 aromatic carbocycles. The van der Waals surface area contributed by atoms with Crippen molar-refractivity contribution in [1.82, 2.24) is 24.7 Å². The highest BCUT2D eigenvalue weighted by molar-refractivity contribution is 5.96. The van der Waals surface area contributed by atoms with Crippen molar-refractivity contribution in [3.05, 3.63) is 33.8 Å². The number of hydrogen-bond acceptors (Lipinski definition) is 5. The first-order valence-electron chi connectivity index (χ1n) is 13.3. The fraction of sp³-hybridized carbons (Fsp3) is 0.615. The van der Waals surface area contributed by atoms with Crippen molar-refractivity contribution in [1.29, 1.82) is 0 Å². The van der Waals surface area contributed by atoms with E-state index in [-0.39, 0.29) is 48.4 Å². The molecule has 38 heavy (non-hydrogen) atoms. The van der Waals surface area contributed by atoms with Crippen LogP contribution in [-0.4, -0.2) is 80.0 Å². The number of aromatic amines is 1. The maximum atomic E-state index is 13.3. The van der Waals surface area contributed by atoms with Crippen LogP contribution >= 0.6 is 0 Å². The normalized spacial score (nSPS) is 22.4. The first kappa shape index (κ1) is 26.3. The fourth-order valence-corrected chi connectivity index (χ4v) is 5.40. The molecule has 1 saturated heterocycles. The molecule has 12 heteroatoms. The summed E-state index contributed by atoms with van der Waals surface area (Å²) in [4.78, 5) is 42.7. The van der Waals surface area contributed by atoms with E-state index >= 15 is 0 Å². The van der Waals surface area contributed by atoms with Crippen LogP contribution in [0.2, 0.25) is 0 Å². The molecule has 2 amide bonds. The van der Waals surface area contributed by atoms with E-state index in [4.69, 9.17) is 0 Å². The van der Waals surface area contributed by atoms with Crippen molar-refractivity contribution >= 4 is 23.5 Å². The van der Waals surface area contributed by atoms with Crippen LogP contribution in [0.3, 0.4) is 0 Å². The Kier molecular flexibility index (Phi) is 6.79. The summed E-state index contributed by atoms with van der Waals surface area (Å²) >= 11 is 0. The third-order valence-corrected chi connectivity index (χ3v) is 7.59. The number of carbonyl (C=O) groups excluding carboxylic acids is 2. The van der Waals surface area contributed by atoms with Crippen molar-refractivity contribution < 1.29 is 28.0 Å². The molecule has 2 aromatic heterocycles. The largest absolute Gasteiger partial charge is 0.477 e. The Morgan fingerprint density at radius 3 is 2.61 bits per heavy atom. The molecule has 1 atom stereocenters. The van der Waals surface area contributed by atoms with Crippen LogP contribution in [-0.2, 0) is 11.3 Å². The monoisotopic (exact) mass is 533 g/mol. The molecule has 0 radical (unpaired) electrons. The average molecular weight is 534 g/mol. The minimum absolute atomic E-state index is 0.0209. The summed E-state index contributed by atoms with van der Waals surface area (Å²) in [6.45, 7) is 7.67. The van der Waals surface area contributed by atoms with Gasteiger partial charge in [-0.1, -0.05) is 18.4 Å². The summed E-state index contributed by atoms with van der Waals surface area (Å²) < 4.78 is 29.3. The zero-order valence-corrected chi connectivity index (χ0v) is 21.9. The maximum absolute atomic E-state index is 13.3. The number of halogens is 2. The molecule has 0 unspecified atom stereocenters. The maximum Gasteiger partial charge on any atom is 0.378 e. The summed E-state index contributed by atoms with van der Waals surface area (Å²) in [5.41, 5.74) is -0.145. The SMILES string of the molecule is CC(C)C[n+]1c(O)c(C(=O)NC2CC2)c(=O)n2[nH]cc(/C=C/C(=O)N3CCN(C4CC(F)(F)C4)C[C@@H]3C)c21. The van der Waals surface area contributed by atoms with Gasteiger partial charge < -0.3 is 15.3 Å². The predicted octanol–water partition coefficient (Wildman–Crippen LogP) is 1.51. The number of aromatic hydroxyl groups is 1. The number of rotatable bonds is 7. The zero-order chi connectivity index (χ0) is 27.4. The molecule has 1 aliphatic heterocycles. The lowest BCUT2D eigenvalue weighted by atomic mass is 9.86. The summed E-state index contributed by atoms with van der Waals surface area (Å²) in [5, 5.41) is 16.7. The van der Waals surface area contributed by atoms with Gasteiger partial charge in [-0.15, -0.1) is 0 Å². The molecular weight excluding hydrogens is 498 g/mol. The average Bonchev–Trinajstić information content (AvgIpc) is 3.53. The van der Waals surface area contributed by atoms with Gasteiger partial charge >= 0.3 is 17.1 Å². The highest BCUT2D eigenvalue weighted by Crippen LogP contribution is 2.41. The molecule has 3 aliphatic rings. The Morgan fingerprint density at radius 1 is 1.29 bits per heavy atom. The minimum Gasteiger partial charge on any atom is -0.477 e. The second kappa shape index (κ2) is 9.79. The molecule has 2 aromatic rings. The van der Waals surface area contributed by atoms with Crippen LogP contribution in [0, 0.1) is 5.92 Å². The van der Waals surface area contributed by atoms with Gasteiger partial charge in [0.2, 0.25) is 11.5 Å². The van der Waals surface area contributed by atoms with E-state index in [0.29, 0.717) is 37.4 Å². The Bertz CT molecular complexity index is 1340. The number of amides is 2. The Hall–Kier alpha value is -3.28. The predicted molar refractivity (Wildman–Crippen MR) is 135 cm³/mol. The van der Waals surface area contributed by atoms with Gasteiger partial charge in [0.25, 0.3) is 11.8 Å². The van der Waals surface area contributed by atoms with Crippen LogP contribution in [0.4, 0.5) is 8.78 Å². The van der Waals surface area contributed by atoms with E-state index in [1.54, 1.807) is 17.2 Å². The number of hydrogen-bond donors (Lipinski definition) is 3. The standard InChI is InChI=1S/C26H34F2N6O4/c1-15(2)13-33-23-17(12-29-34(23)25(38)21(24(33)37)22(36)30-18-5-6-18)4-7-20(35)32-9-8-31(14-16(32)3)19-10-26(27,28)11-19/h4,7,12,15-16,18-19H,5-6,8-11,13-14H2,1-3H3,(H2,30,36,37,38)/p+1/b7-4+/t16-/m0/s1. The molecule has 10 nitrogen and oxygen atoms in total. The minimum atomic E-state index is -2.58. The van der Waals surface area contributed by atoms with E-state index in [2.05, 4.69) is 10.4 Å². The number of aromatic nitrogens is 3. The summed E-state index contributed by atoms with van der Waals surface area (Å²) in [7, 11) is 0. The van der Waals surface area contributed by atoms with Gasteiger partial charge in [-0.25, -0.2) is 18.7 Å². The molecule has 3 fully saturated rings. The highest BCUT2D eigenvalue weighted by Gasteiger charge is 2.48. The molecule has 206 valence electrons. The van der Waals surface area contributed by atoms with Gasteiger partial charge in [0.15, 0.2) is 0 Å². The van der Waals surface area contributed by atoms with Crippen molar-refractivity contribution in [2.45, 2.75) is 77.0 Å². The van der Waals surface area contributed by atoms with Gasteiger partial charge in [0, 0.05) is 56.7 Å². The second-order valence-electron chi connectivity index (χ2n) is 11.3. The van der Waals surface area contributed by atoms with Crippen LogP contribution in [0.25, 0.3) is 11.7 Å². The summed E-state index contributed by atoms with van der Waals surface area (Å²) in [5.74, 6) is -3.73. The van der Waals surface area contributed by atoms with E-state index in [1.165, 1.54) is 15.2 Å². The van der Waals surface area contributed by atoms with Crippen LogP contribution in [0.1, 0.15) is 62.4 Å². The van der Waals surface area contributed by atoms with Crippen LogP contribution in [0.15, 0.2) is 17.1 Å². The summed E-state index contributed by atoms with van der Waals surface area (Å²) in [6.07, 6.45) is 6.00. The summed E-state index contributed by atoms with van der Waals surface area (Å²) in [6, 6.07) is -0.249. The quantitative estimate of drug-likeness (QED) is 0.369. The first-order chi connectivity index (χ1) is 17.9. The van der Waals surface area contributed by atoms with Gasteiger partial charge in [0.05, 0.1) is 18.3 Å². The van der Waals surface area contributed by atoms with Crippen molar-refractivity contribution in [3.63, 3.8) is 0 Å². The van der Waals surface area contributed by atoms with Gasteiger partial charge in [-0.2, -0.15) is 4.57 Å². The lowest BCUT2D eigenvalue weighted by Gasteiger charge is -2.48. The molecule has 3 N–H and O–H groups in total. The van der Waals surface area contributed by atoms with Crippen LogP contribution in [0.5, 0.6) is 5.88 Å². The number of carbonyl (C=O) groups is 2. The number of nitrogens with zero attached hydrogens (tertiary/aromatic N) is 4. The third-order valence-electron chi connectivity index (χ3n) is 7.59. The van der Waals surface area contributed by atoms with Crippen molar-refractivity contribution in [2.75, 3.05) is 19.6 Å². The second-order valence-corrected chi connectivity index (χ2v) is 11.3. The Morgan fingerprint density at radius 2 is 2.00 bits per heavy atom. The number of H-pyrrole nitrogens is 1. The van der Waals surface area contributed by atoms with Crippen molar-refractivity contribution in [3.8, 4) is 5.88 Å². The highest BCUT2D eigenvalue weighted by atomic mass is 19.3. The van der Waals surface area contributed by atoms with Gasteiger partial charge in [-0.05, 0) is 31.8 Å². The van der Waals surface area contributed by atoms with Crippen LogP contribution < -0.4 is 15.4 Å². The van der Waals surface area contributed by atoms with Gasteiger partial charge in [0.1, 0.15) is 0 Å². The van der Waals surface area contributed by atoms with E-state index in [9.17, 15) is 28.3 Å². The number of nitrogens with one attached hydrogen (secondary N) is 2. The van der Waals surface area contributed by atoms with E-state index < -0.39 is 23.3 Å². The molecule has 0 spiro atoms. The molecule has 5 rings (SSSR count). The molecule has 2 saturated carbocycles. The molecule has 3 heterocycles. The van der Waals surface area contributed by atoms with Gasteiger partial charge in [-0.3, -0.25) is 14.5 Å². The Balaban J connectivity index is 1.38. The number of alkyl halides is 2. The molecular formula is C26H35F2N6O4+. The Labute approximate surface area is 218 Å². The first-order valence-corrected chi connectivity index (χ1v) is 13.3. The third kappa shape index (κ3) is 5.05. The topological polar surface area (TPSA) is 114 Å². The number of fused-ring (bicyclic) bond motifs is 1. The zero-order valence-electron chi connectivity index (χ0n) is 21.9. The van der Waals surface area contributed by atoms with E-state index in [1.807, 2.05) is 25.7 Å². The fourth-order valence-electron chi connectivity index (χ4n) is 5.40. The smallest absolute Gasteiger partial charge is 0.378 e. The molecule has 0 bridgehead atoms. The van der Waals surface area contributed by atoms with Crippen molar-refractivity contribution in [2.24, 2.45) is 5.92 Å². The lowest BCUT2D eigenvalue weighted by molar-refractivity contribution is -0.686. The van der Waals surface area contributed by atoms with E-state index in [0.717, 1.165) is 12.8 Å². The number of piperazine rings is 1. The molecule has 2 aliphatic carbocycles. The lowest BCUT2D eigenvalue weighted by Crippen LogP contribution is -2.60.